The number of aromatic hydroxyl groups is 1. The quantitative estimate of drug-likeness (QED) is 0.840. The van der Waals surface area contributed by atoms with Crippen LogP contribution in [0, 0.1) is 6.92 Å². The second-order valence-electron chi connectivity index (χ2n) is 4.88. The fourth-order valence-electron chi connectivity index (χ4n) is 2.47. The molecule has 0 aliphatic carbocycles. The molecular weight excluding hydrogens is 260 g/mol. The van der Waals surface area contributed by atoms with Gasteiger partial charge in [0.1, 0.15) is 5.75 Å². The number of pyridine rings is 1. The highest BCUT2D eigenvalue weighted by Crippen LogP contribution is 2.33. The fourth-order valence-corrected chi connectivity index (χ4v) is 2.63. The topological polar surface area (TPSA) is 45.2 Å². The Bertz CT molecular complexity index is 640. The molecule has 4 heteroatoms. The predicted octanol–water partition coefficient (Wildman–Crippen LogP) is 3.06. The van der Waals surface area contributed by atoms with Crippen molar-refractivity contribution in [1.82, 2.24) is 10.3 Å². The first-order valence-electron chi connectivity index (χ1n) is 6.33. The van der Waals surface area contributed by atoms with Gasteiger partial charge in [0.2, 0.25) is 0 Å². The summed E-state index contributed by atoms with van der Waals surface area (Å²) in [5, 5.41) is 13.3. The van der Waals surface area contributed by atoms with Gasteiger partial charge in [-0.05, 0) is 41.8 Å². The summed E-state index contributed by atoms with van der Waals surface area (Å²) >= 11 is 6.00. The normalized spacial score (nSPS) is 14.2. The minimum Gasteiger partial charge on any atom is -0.506 e. The molecule has 1 aromatic heterocycles. The van der Waals surface area contributed by atoms with Gasteiger partial charge in [-0.3, -0.25) is 4.98 Å². The van der Waals surface area contributed by atoms with E-state index in [1.807, 2.05) is 13.1 Å². The highest BCUT2D eigenvalue weighted by Gasteiger charge is 2.13. The first-order valence-corrected chi connectivity index (χ1v) is 6.71. The summed E-state index contributed by atoms with van der Waals surface area (Å²) in [5.41, 5.74) is 5.47. The number of halogens is 1. The molecule has 3 nitrogen and oxygen atoms in total. The van der Waals surface area contributed by atoms with Gasteiger partial charge in [-0.1, -0.05) is 11.6 Å². The van der Waals surface area contributed by atoms with E-state index in [1.165, 1.54) is 11.3 Å². The van der Waals surface area contributed by atoms with E-state index in [4.69, 9.17) is 11.6 Å². The third-order valence-electron chi connectivity index (χ3n) is 3.52. The van der Waals surface area contributed by atoms with E-state index in [9.17, 15) is 5.11 Å². The minimum atomic E-state index is 0.121. The summed E-state index contributed by atoms with van der Waals surface area (Å²) in [6, 6.07) is 5.64. The molecule has 3 rings (SSSR count). The summed E-state index contributed by atoms with van der Waals surface area (Å²) in [5.74, 6) is 0.121. The lowest BCUT2D eigenvalue weighted by atomic mass is 9.98. The van der Waals surface area contributed by atoms with E-state index in [2.05, 4.69) is 16.4 Å². The van der Waals surface area contributed by atoms with E-state index in [0.717, 1.165) is 36.2 Å². The van der Waals surface area contributed by atoms with Crippen molar-refractivity contribution in [1.29, 1.82) is 0 Å². The molecule has 19 heavy (non-hydrogen) atoms. The first-order chi connectivity index (χ1) is 9.15. The molecule has 0 fully saturated rings. The van der Waals surface area contributed by atoms with Gasteiger partial charge in [-0.2, -0.15) is 0 Å². The van der Waals surface area contributed by atoms with Gasteiger partial charge in [0, 0.05) is 37.0 Å². The number of hydrogen-bond acceptors (Lipinski definition) is 3. The van der Waals surface area contributed by atoms with Crippen molar-refractivity contribution in [2.24, 2.45) is 0 Å². The standard InChI is InChI=1S/C15H15ClN2O/c1-9-4-15(19)13(16)6-12(9)10-5-11-7-17-3-2-14(11)18-8-10/h4-6,8,17,19H,2-3,7H2,1H3. The van der Waals surface area contributed by atoms with Crippen LogP contribution in [0.15, 0.2) is 24.4 Å². The maximum Gasteiger partial charge on any atom is 0.134 e. The molecule has 1 aliphatic heterocycles. The summed E-state index contributed by atoms with van der Waals surface area (Å²) in [4.78, 5) is 4.54. The minimum absolute atomic E-state index is 0.121. The van der Waals surface area contributed by atoms with Crippen molar-refractivity contribution in [3.05, 3.63) is 46.2 Å². The second-order valence-corrected chi connectivity index (χ2v) is 5.28. The predicted molar refractivity (Wildman–Crippen MR) is 76.5 cm³/mol. The lowest BCUT2D eigenvalue weighted by Gasteiger charge is -2.17. The van der Waals surface area contributed by atoms with Crippen LogP contribution < -0.4 is 5.32 Å². The molecule has 2 heterocycles. The van der Waals surface area contributed by atoms with Crippen molar-refractivity contribution in [2.75, 3.05) is 6.54 Å². The Labute approximate surface area is 117 Å². The summed E-state index contributed by atoms with van der Waals surface area (Å²) in [6.45, 7) is 3.81. The van der Waals surface area contributed by atoms with E-state index >= 15 is 0 Å². The number of aryl methyl sites for hydroxylation is 1. The van der Waals surface area contributed by atoms with Gasteiger partial charge >= 0.3 is 0 Å². The van der Waals surface area contributed by atoms with Crippen molar-refractivity contribution >= 4 is 11.6 Å². The highest BCUT2D eigenvalue weighted by molar-refractivity contribution is 6.32. The molecular formula is C15H15ClN2O. The number of phenols is 1. The Morgan fingerprint density at radius 1 is 1.32 bits per heavy atom. The molecule has 0 saturated carbocycles. The maximum absolute atomic E-state index is 9.61. The molecule has 2 N–H and O–H groups in total. The Morgan fingerprint density at radius 3 is 3.00 bits per heavy atom. The van der Waals surface area contributed by atoms with Crippen LogP contribution >= 0.6 is 11.6 Å². The average Bonchev–Trinajstić information content (AvgIpc) is 2.42. The zero-order valence-electron chi connectivity index (χ0n) is 10.7. The van der Waals surface area contributed by atoms with Crippen molar-refractivity contribution in [2.45, 2.75) is 19.9 Å². The van der Waals surface area contributed by atoms with Crippen LogP contribution in [0.3, 0.4) is 0 Å². The maximum atomic E-state index is 9.61. The largest absolute Gasteiger partial charge is 0.506 e. The van der Waals surface area contributed by atoms with Crippen molar-refractivity contribution < 1.29 is 5.11 Å². The van der Waals surface area contributed by atoms with Crippen LogP contribution in [0.1, 0.15) is 16.8 Å². The molecule has 98 valence electrons. The Balaban J connectivity index is 2.09. The molecule has 0 spiro atoms. The molecule has 0 bridgehead atoms. The lowest BCUT2D eigenvalue weighted by molar-refractivity contribution is 0.475. The number of rotatable bonds is 1. The zero-order valence-corrected chi connectivity index (χ0v) is 11.5. The number of phenolic OH excluding ortho intramolecular Hbond substituents is 1. The molecule has 1 aromatic carbocycles. The SMILES string of the molecule is Cc1cc(O)c(Cl)cc1-c1cnc2c(c1)CNCC2. The third kappa shape index (κ3) is 2.31. The first kappa shape index (κ1) is 12.5. The van der Waals surface area contributed by atoms with Crippen molar-refractivity contribution in [3.63, 3.8) is 0 Å². The van der Waals surface area contributed by atoms with Crippen molar-refractivity contribution in [3.8, 4) is 16.9 Å². The van der Waals surface area contributed by atoms with Gasteiger partial charge < -0.3 is 10.4 Å². The van der Waals surface area contributed by atoms with Gasteiger partial charge in [0.05, 0.1) is 5.02 Å². The second kappa shape index (κ2) is 4.83. The van der Waals surface area contributed by atoms with E-state index in [0.29, 0.717) is 5.02 Å². The molecule has 0 amide bonds. The van der Waals surface area contributed by atoms with Gasteiger partial charge in [0.15, 0.2) is 0 Å². The Morgan fingerprint density at radius 2 is 2.16 bits per heavy atom. The van der Waals surface area contributed by atoms with E-state index in [-0.39, 0.29) is 5.75 Å². The third-order valence-corrected chi connectivity index (χ3v) is 3.82. The Kier molecular flexibility index (Phi) is 3.17. The van der Waals surface area contributed by atoms with Gasteiger partial charge in [-0.25, -0.2) is 0 Å². The molecule has 0 unspecified atom stereocenters. The number of nitrogens with one attached hydrogen (secondary N) is 1. The van der Waals surface area contributed by atoms with Crippen LogP contribution in [0.25, 0.3) is 11.1 Å². The number of aromatic nitrogens is 1. The molecule has 0 atom stereocenters. The van der Waals surface area contributed by atoms with Gasteiger partial charge in [-0.15, -0.1) is 0 Å². The van der Waals surface area contributed by atoms with Crippen LogP contribution in [-0.2, 0) is 13.0 Å². The van der Waals surface area contributed by atoms with Gasteiger partial charge in [0.25, 0.3) is 0 Å². The number of benzene rings is 1. The van der Waals surface area contributed by atoms with Crippen LogP contribution in [-0.4, -0.2) is 16.6 Å². The summed E-state index contributed by atoms with van der Waals surface area (Å²) in [6.07, 6.45) is 2.87. The van der Waals surface area contributed by atoms with E-state index < -0.39 is 0 Å². The lowest BCUT2D eigenvalue weighted by Crippen LogP contribution is -2.24. The summed E-state index contributed by atoms with van der Waals surface area (Å²) < 4.78 is 0. The Hall–Kier alpha value is -1.58. The van der Waals surface area contributed by atoms with Crippen LogP contribution in [0.4, 0.5) is 0 Å². The van der Waals surface area contributed by atoms with E-state index in [1.54, 1.807) is 12.1 Å². The molecule has 0 saturated heterocycles. The monoisotopic (exact) mass is 274 g/mol. The number of fused-ring (bicyclic) bond motifs is 1. The number of hydrogen-bond donors (Lipinski definition) is 2. The summed E-state index contributed by atoms with van der Waals surface area (Å²) in [7, 11) is 0. The van der Waals surface area contributed by atoms with Crippen LogP contribution in [0.5, 0.6) is 5.75 Å². The number of nitrogens with zero attached hydrogens (tertiary/aromatic N) is 1. The molecule has 0 radical (unpaired) electrons. The fraction of sp³-hybridized carbons (Fsp3) is 0.267. The smallest absolute Gasteiger partial charge is 0.134 e. The molecule has 2 aromatic rings. The molecule has 1 aliphatic rings. The average molecular weight is 275 g/mol. The highest BCUT2D eigenvalue weighted by atomic mass is 35.5. The zero-order chi connectivity index (χ0) is 13.4. The van der Waals surface area contributed by atoms with Crippen LogP contribution in [0.2, 0.25) is 5.02 Å².